The molecule has 0 saturated carbocycles. The Kier molecular flexibility index (Phi) is 14.9. The Labute approximate surface area is 173 Å². The van der Waals surface area contributed by atoms with Crippen molar-refractivity contribution in [2.75, 3.05) is 52.9 Å². The van der Waals surface area contributed by atoms with Crippen molar-refractivity contribution in [1.29, 1.82) is 0 Å². The summed E-state index contributed by atoms with van der Waals surface area (Å²) >= 11 is 0. The molecular weight excluding hydrogens is 379 g/mol. The van der Waals surface area contributed by atoms with Gasteiger partial charge in [0.15, 0.2) is 0 Å². The molecule has 29 heavy (non-hydrogen) atoms. The van der Waals surface area contributed by atoms with Gasteiger partial charge < -0.3 is 25.0 Å². The first-order valence-corrected chi connectivity index (χ1v) is 9.40. The van der Waals surface area contributed by atoms with Crippen molar-refractivity contribution >= 4 is 12.0 Å². The van der Waals surface area contributed by atoms with E-state index >= 15 is 0 Å². The Balaban J connectivity index is 0.000000508. The Morgan fingerprint density at radius 3 is 2.69 bits per heavy atom. The molecule has 0 spiro atoms. The molecule has 2 N–H and O–H groups in total. The van der Waals surface area contributed by atoms with Gasteiger partial charge in [-0.15, -0.1) is 12.8 Å². The number of hydrogen-bond donors (Lipinski definition) is 2. The zero-order chi connectivity index (χ0) is 22.1. The van der Waals surface area contributed by atoms with Gasteiger partial charge in [0.1, 0.15) is 6.10 Å². The summed E-state index contributed by atoms with van der Waals surface area (Å²) < 4.78 is 21.9. The predicted octanol–water partition coefficient (Wildman–Crippen LogP) is 1.12. The summed E-state index contributed by atoms with van der Waals surface area (Å²) in [6.07, 6.45) is 12.4. The van der Waals surface area contributed by atoms with E-state index in [2.05, 4.69) is 35.4 Å². The molecule has 0 aromatic rings. The van der Waals surface area contributed by atoms with Gasteiger partial charge in [-0.1, -0.05) is 6.08 Å². The number of cyclic esters (lactones) is 1. The molecule has 0 aromatic heterocycles. The van der Waals surface area contributed by atoms with Crippen molar-refractivity contribution < 1.29 is 23.5 Å². The number of nitrogens with one attached hydrogen (secondary N) is 2. The fourth-order valence-electron chi connectivity index (χ4n) is 2.38. The molecule has 1 atom stereocenters. The largest absolute Gasteiger partial charge is 0.500 e. The summed E-state index contributed by atoms with van der Waals surface area (Å²) in [5.74, 6) is -0.173. The van der Waals surface area contributed by atoms with E-state index in [1.807, 2.05) is 13.0 Å². The second kappa shape index (κ2) is 16.4. The van der Waals surface area contributed by atoms with Crippen LogP contribution < -0.4 is 10.6 Å². The average Bonchev–Trinajstić information content (AvgIpc) is 3.02. The molecule has 2 aliphatic heterocycles. The molecule has 2 fully saturated rings. The Hall–Kier alpha value is -2.57. The SMILES string of the molecule is C#C.C/C=C/OCCN(C)C1CNC1.CC(=O)NC[C@H]1CN(C/C=C/F)C(=O)O1. The van der Waals surface area contributed by atoms with Crippen LogP contribution >= 0.6 is 0 Å². The van der Waals surface area contributed by atoms with Crippen molar-refractivity contribution in [3.63, 3.8) is 0 Å². The first-order valence-electron chi connectivity index (χ1n) is 9.40. The minimum absolute atomic E-state index is 0.173. The standard InChI is InChI=1S/C9H13FN2O3.C9H18N2O.C2H2/c1-7(13)11-5-8-6-12(4-2-3-10)9(14)15-8;1-3-5-12-6-4-11(2)9-7-10-8-9;1-2/h2-3,8H,4-6H2,1H3,(H,11,13);3,5,9-10H,4,6-8H2,1-2H3;1-2H/b3-2+;5-3+;/t8-;;/m0../s1. The molecule has 0 radical (unpaired) electrons. The second-order valence-corrected chi connectivity index (χ2v) is 6.34. The van der Waals surface area contributed by atoms with Gasteiger partial charge in [-0.2, -0.15) is 0 Å². The quantitative estimate of drug-likeness (QED) is 0.335. The van der Waals surface area contributed by atoms with Gasteiger partial charge in [0.05, 0.1) is 32.3 Å². The monoisotopic (exact) mass is 412 g/mol. The number of ether oxygens (including phenoxy) is 2. The van der Waals surface area contributed by atoms with Crippen LogP contribution in [0.1, 0.15) is 13.8 Å². The van der Waals surface area contributed by atoms with Crippen molar-refractivity contribution in [2.45, 2.75) is 26.0 Å². The van der Waals surface area contributed by atoms with Crippen LogP contribution in [0.25, 0.3) is 0 Å². The molecule has 9 heteroatoms. The molecule has 0 aliphatic carbocycles. The summed E-state index contributed by atoms with van der Waals surface area (Å²) in [5, 5.41) is 5.80. The van der Waals surface area contributed by atoms with E-state index in [4.69, 9.17) is 9.47 Å². The third-order valence-corrected chi connectivity index (χ3v) is 4.12. The smallest absolute Gasteiger partial charge is 0.410 e. The third-order valence-electron chi connectivity index (χ3n) is 4.12. The molecule has 8 nitrogen and oxygen atoms in total. The predicted molar refractivity (Wildman–Crippen MR) is 111 cm³/mol. The summed E-state index contributed by atoms with van der Waals surface area (Å²) in [6, 6.07) is 0.721. The highest BCUT2D eigenvalue weighted by Gasteiger charge is 2.30. The number of nitrogens with zero attached hydrogens (tertiary/aromatic N) is 2. The summed E-state index contributed by atoms with van der Waals surface area (Å²) in [4.78, 5) is 25.5. The minimum atomic E-state index is -0.483. The lowest BCUT2D eigenvalue weighted by Gasteiger charge is -2.35. The maximum absolute atomic E-state index is 11.7. The third kappa shape index (κ3) is 11.8. The van der Waals surface area contributed by atoms with Gasteiger partial charge in [0.2, 0.25) is 5.91 Å². The van der Waals surface area contributed by atoms with E-state index in [-0.39, 0.29) is 25.1 Å². The number of hydrogen-bond acceptors (Lipinski definition) is 6. The van der Waals surface area contributed by atoms with Crippen LogP contribution in [0, 0.1) is 12.8 Å². The molecule has 0 unspecified atom stereocenters. The minimum Gasteiger partial charge on any atom is -0.500 e. The van der Waals surface area contributed by atoms with Gasteiger partial charge in [-0.05, 0) is 20.0 Å². The Morgan fingerprint density at radius 1 is 1.48 bits per heavy atom. The first-order chi connectivity index (χ1) is 14.0. The average molecular weight is 413 g/mol. The van der Waals surface area contributed by atoms with Crippen molar-refractivity contribution in [3.05, 3.63) is 24.7 Å². The van der Waals surface area contributed by atoms with Crippen LogP contribution in [0.2, 0.25) is 0 Å². The second-order valence-electron chi connectivity index (χ2n) is 6.34. The molecule has 2 amide bonds. The van der Waals surface area contributed by atoms with Crippen LogP contribution in [0.15, 0.2) is 24.7 Å². The van der Waals surface area contributed by atoms with E-state index in [0.717, 1.165) is 32.3 Å². The number of rotatable bonds is 9. The highest BCUT2D eigenvalue weighted by atomic mass is 19.1. The molecule has 0 bridgehead atoms. The van der Waals surface area contributed by atoms with Gasteiger partial charge in [-0.25, -0.2) is 9.18 Å². The van der Waals surface area contributed by atoms with Crippen LogP contribution in [-0.4, -0.2) is 86.9 Å². The summed E-state index contributed by atoms with van der Waals surface area (Å²) in [7, 11) is 2.14. The normalized spacial score (nSPS) is 18.5. The van der Waals surface area contributed by atoms with Gasteiger partial charge in [0.25, 0.3) is 0 Å². The zero-order valence-corrected chi connectivity index (χ0v) is 17.5. The van der Waals surface area contributed by atoms with Gasteiger partial charge >= 0.3 is 6.09 Å². The first kappa shape index (κ1) is 26.4. The fourth-order valence-corrected chi connectivity index (χ4v) is 2.38. The van der Waals surface area contributed by atoms with Crippen LogP contribution in [0.5, 0.6) is 0 Å². The number of terminal acetylenes is 1. The number of likely N-dealkylation sites (N-methyl/N-ethyl adjacent to an activating group) is 1. The van der Waals surface area contributed by atoms with E-state index in [0.29, 0.717) is 12.9 Å². The van der Waals surface area contributed by atoms with E-state index in [9.17, 15) is 14.0 Å². The van der Waals surface area contributed by atoms with Crippen molar-refractivity contribution in [3.8, 4) is 12.8 Å². The molecule has 0 aromatic carbocycles. The Morgan fingerprint density at radius 2 is 2.17 bits per heavy atom. The highest BCUT2D eigenvalue weighted by Crippen LogP contribution is 2.10. The molecule has 164 valence electrons. The lowest BCUT2D eigenvalue weighted by Crippen LogP contribution is -2.56. The number of carbonyl (C=O) groups excluding carboxylic acids is 2. The van der Waals surface area contributed by atoms with Gasteiger partial charge in [0, 0.05) is 39.1 Å². The van der Waals surface area contributed by atoms with Crippen LogP contribution in [0.4, 0.5) is 9.18 Å². The maximum atomic E-state index is 11.7. The number of halogens is 1. The van der Waals surface area contributed by atoms with E-state index in [1.165, 1.54) is 17.9 Å². The van der Waals surface area contributed by atoms with E-state index in [1.54, 1.807) is 6.26 Å². The van der Waals surface area contributed by atoms with Crippen molar-refractivity contribution in [2.24, 2.45) is 0 Å². The number of allylic oxidation sites excluding steroid dienone is 1. The van der Waals surface area contributed by atoms with Crippen LogP contribution in [-0.2, 0) is 14.3 Å². The van der Waals surface area contributed by atoms with Crippen molar-refractivity contribution in [1.82, 2.24) is 20.4 Å². The van der Waals surface area contributed by atoms with E-state index < -0.39 is 6.09 Å². The Bertz CT molecular complexity index is 550. The molecule has 2 rings (SSSR count). The number of amides is 2. The molecule has 2 aliphatic rings. The lowest BCUT2D eigenvalue weighted by atomic mass is 10.1. The summed E-state index contributed by atoms with van der Waals surface area (Å²) in [5.41, 5.74) is 0. The number of carbonyl (C=O) groups is 2. The molecular formula is C20H33FN4O4. The molecule has 2 heterocycles. The maximum Gasteiger partial charge on any atom is 0.410 e. The lowest BCUT2D eigenvalue weighted by molar-refractivity contribution is -0.119. The summed E-state index contributed by atoms with van der Waals surface area (Å²) in [6.45, 7) is 8.24. The topological polar surface area (TPSA) is 83.1 Å². The fraction of sp³-hybridized carbons (Fsp3) is 0.600. The molecule has 2 saturated heterocycles. The zero-order valence-electron chi connectivity index (χ0n) is 17.5. The van der Waals surface area contributed by atoms with Gasteiger partial charge in [-0.3, -0.25) is 9.69 Å². The van der Waals surface area contributed by atoms with Crippen LogP contribution in [0.3, 0.4) is 0 Å². The highest BCUT2D eigenvalue weighted by molar-refractivity contribution is 5.73.